The Bertz CT molecular complexity index is 1470. The monoisotopic (exact) mass is 514 g/mol. The van der Waals surface area contributed by atoms with Gasteiger partial charge in [0.1, 0.15) is 0 Å². The number of esters is 1. The fourth-order valence-electron chi connectivity index (χ4n) is 3.99. The van der Waals surface area contributed by atoms with Crippen LogP contribution in [0.15, 0.2) is 71.7 Å². The molecular formula is C29H30N4O5. The minimum atomic E-state index is -0.454. The standard InChI is InChI=1S/C29H30N4O5/c1-18-16-23-24(17-22(18)29(36)37-4)31-28(35)25(23)26(19-8-6-5-7-9-19)30-21-12-10-20(11-13-21)27(34)32-38-15-14-33(2)3/h5-13,16-17,31,35H,14-15H2,1-4H3,(H,32,34). The molecule has 4 aromatic rings. The van der Waals surface area contributed by atoms with Crippen molar-refractivity contribution in [3.8, 4) is 5.88 Å². The van der Waals surface area contributed by atoms with Gasteiger partial charge in [-0.05, 0) is 63.0 Å². The Hall–Kier alpha value is -4.47. The molecule has 0 unspecified atom stereocenters. The van der Waals surface area contributed by atoms with Gasteiger partial charge in [-0.15, -0.1) is 0 Å². The average Bonchev–Trinajstić information content (AvgIpc) is 3.23. The van der Waals surface area contributed by atoms with Crippen LogP contribution < -0.4 is 5.48 Å². The van der Waals surface area contributed by atoms with Crippen LogP contribution >= 0.6 is 0 Å². The number of fused-ring (bicyclic) bond motifs is 1. The highest BCUT2D eigenvalue weighted by Crippen LogP contribution is 2.33. The van der Waals surface area contributed by atoms with Gasteiger partial charge in [0.2, 0.25) is 0 Å². The number of methoxy groups -OCH3 is 1. The van der Waals surface area contributed by atoms with E-state index < -0.39 is 5.97 Å². The highest BCUT2D eigenvalue weighted by atomic mass is 16.7. The molecule has 3 aromatic carbocycles. The Labute approximate surface area is 220 Å². The summed E-state index contributed by atoms with van der Waals surface area (Å²) in [5.74, 6) is -0.882. The van der Waals surface area contributed by atoms with Crippen LogP contribution in [0, 0.1) is 6.92 Å². The Morgan fingerprint density at radius 2 is 1.74 bits per heavy atom. The minimum Gasteiger partial charge on any atom is -0.494 e. The number of benzene rings is 3. The zero-order chi connectivity index (χ0) is 27.2. The fraction of sp³-hybridized carbons (Fsp3) is 0.207. The predicted molar refractivity (Wildman–Crippen MR) is 146 cm³/mol. The van der Waals surface area contributed by atoms with E-state index in [1.807, 2.05) is 62.3 Å². The number of amides is 1. The van der Waals surface area contributed by atoms with Gasteiger partial charge < -0.3 is 19.7 Å². The van der Waals surface area contributed by atoms with Gasteiger partial charge in [-0.3, -0.25) is 9.63 Å². The van der Waals surface area contributed by atoms with Crippen LogP contribution in [-0.2, 0) is 9.57 Å². The third-order valence-electron chi connectivity index (χ3n) is 5.99. The Kier molecular flexibility index (Phi) is 8.20. The fourth-order valence-corrected chi connectivity index (χ4v) is 3.99. The third kappa shape index (κ3) is 5.91. The molecule has 0 aliphatic heterocycles. The van der Waals surface area contributed by atoms with Gasteiger partial charge in [0.25, 0.3) is 5.91 Å². The van der Waals surface area contributed by atoms with Crippen molar-refractivity contribution in [1.29, 1.82) is 0 Å². The SMILES string of the molecule is COC(=O)c1cc2[nH]c(O)c(C(=Nc3ccc(C(=O)NOCCN(C)C)cc3)c3ccccc3)c2cc1C. The molecule has 1 heterocycles. The maximum Gasteiger partial charge on any atom is 0.338 e. The molecule has 38 heavy (non-hydrogen) atoms. The van der Waals surface area contributed by atoms with E-state index in [1.54, 1.807) is 30.3 Å². The number of aliphatic imine (C=N–C) groups is 1. The number of nitrogens with one attached hydrogen (secondary N) is 2. The van der Waals surface area contributed by atoms with E-state index in [9.17, 15) is 14.7 Å². The van der Waals surface area contributed by atoms with Crippen LogP contribution in [0.1, 0.15) is 37.4 Å². The number of aromatic hydroxyl groups is 1. The van der Waals surface area contributed by atoms with Crippen LogP contribution in [0.3, 0.4) is 0 Å². The van der Waals surface area contributed by atoms with E-state index in [0.29, 0.717) is 57.7 Å². The molecule has 9 heteroatoms. The summed E-state index contributed by atoms with van der Waals surface area (Å²) < 4.78 is 4.88. The second-order valence-electron chi connectivity index (χ2n) is 9.01. The molecule has 0 saturated carbocycles. The highest BCUT2D eigenvalue weighted by molar-refractivity contribution is 6.22. The number of hydrogen-bond donors (Lipinski definition) is 3. The summed E-state index contributed by atoms with van der Waals surface area (Å²) in [5.41, 5.74) is 6.97. The summed E-state index contributed by atoms with van der Waals surface area (Å²) in [6.07, 6.45) is 0. The van der Waals surface area contributed by atoms with Crippen LogP contribution in [0.2, 0.25) is 0 Å². The van der Waals surface area contributed by atoms with Crippen molar-refractivity contribution in [3.63, 3.8) is 0 Å². The molecule has 0 spiro atoms. The van der Waals surface area contributed by atoms with Crippen LogP contribution in [0.5, 0.6) is 5.88 Å². The lowest BCUT2D eigenvalue weighted by Crippen LogP contribution is -2.28. The normalized spacial score (nSPS) is 11.7. The van der Waals surface area contributed by atoms with Gasteiger partial charge >= 0.3 is 5.97 Å². The quantitative estimate of drug-likeness (QED) is 0.132. The number of aromatic amines is 1. The second kappa shape index (κ2) is 11.7. The Morgan fingerprint density at radius 3 is 2.39 bits per heavy atom. The van der Waals surface area contributed by atoms with Crippen molar-refractivity contribution >= 4 is 34.2 Å². The molecule has 0 fully saturated rings. The lowest BCUT2D eigenvalue weighted by atomic mass is 9.98. The number of hydroxylamine groups is 1. The van der Waals surface area contributed by atoms with Crippen LogP contribution in [-0.4, -0.2) is 66.9 Å². The summed E-state index contributed by atoms with van der Waals surface area (Å²) >= 11 is 0. The number of carbonyl (C=O) groups is 2. The van der Waals surface area contributed by atoms with Gasteiger partial charge in [-0.2, -0.15) is 0 Å². The minimum absolute atomic E-state index is 0.0742. The maximum atomic E-state index is 12.4. The van der Waals surface area contributed by atoms with E-state index in [0.717, 1.165) is 5.56 Å². The molecule has 0 saturated heterocycles. The van der Waals surface area contributed by atoms with Gasteiger partial charge in [0.05, 0.1) is 36.2 Å². The van der Waals surface area contributed by atoms with E-state index in [2.05, 4.69) is 10.5 Å². The molecule has 0 atom stereocenters. The molecule has 0 aliphatic carbocycles. The molecule has 3 N–H and O–H groups in total. The van der Waals surface area contributed by atoms with Crippen molar-refractivity contribution in [2.75, 3.05) is 34.4 Å². The molecule has 1 aromatic heterocycles. The Morgan fingerprint density at radius 1 is 1.03 bits per heavy atom. The van der Waals surface area contributed by atoms with Gasteiger partial charge in [0.15, 0.2) is 5.88 Å². The molecular weight excluding hydrogens is 484 g/mol. The zero-order valence-corrected chi connectivity index (χ0v) is 21.7. The first-order chi connectivity index (χ1) is 18.3. The summed E-state index contributed by atoms with van der Waals surface area (Å²) in [7, 11) is 5.17. The number of aromatic nitrogens is 1. The van der Waals surface area contributed by atoms with E-state index in [4.69, 9.17) is 14.6 Å². The number of nitrogens with zero attached hydrogens (tertiary/aromatic N) is 2. The van der Waals surface area contributed by atoms with E-state index >= 15 is 0 Å². The number of H-pyrrole nitrogens is 1. The molecule has 0 bridgehead atoms. The second-order valence-corrected chi connectivity index (χ2v) is 9.01. The first kappa shape index (κ1) is 26.6. The van der Waals surface area contributed by atoms with Crippen LogP contribution in [0.25, 0.3) is 10.9 Å². The first-order valence-electron chi connectivity index (χ1n) is 12.0. The molecule has 9 nitrogen and oxygen atoms in total. The van der Waals surface area contributed by atoms with Crippen molar-refractivity contribution in [3.05, 3.63) is 94.5 Å². The van der Waals surface area contributed by atoms with Crippen molar-refractivity contribution < 1.29 is 24.3 Å². The van der Waals surface area contributed by atoms with Gasteiger partial charge in [-0.25, -0.2) is 15.3 Å². The summed E-state index contributed by atoms with van der Waals surface area (Å²) in [6, 6.07) is 19.8. The van der Waals surface area contributed by atoms with E-state index in [1.165, 1.54) is 7.11 Å². The number of aryl methyl sites for hydroxylation is 1. The maximum absolute atomic E-state index is 12.4. The first-order valence-corrected chi connectivity index (χ1v) is 12.0. The topological polar surface area (TPSA) is 116 Å². The number of carbonyl (C=O) groups excluding carboxylic acids is 2. The highest BCUT2D eigenvalue weighted by Gasteiger charge is 2.21. The number of hydrogen-bond acceptors (Lipinski definition) is 7. The predicted octanol–water partition coefficient (Wildman–Crippen LogP) is 4.36. The molecule has 196 valence electrons. The Balaban J connectivity index is 1.71. The van der Waals surface area contributed by atoms with E-state index in [-0.39, 0.29) is 11.8 Å². The molecule has 0 radical (unpaired) electrons. The number of likely N-dealkylation sites (N-methyl/N-ethyl adjacent to an activating group) is 1. The zero-order valence-electron chi connectivity index (χ0n) is 21.7. The lowest BCUT2D eigenvalue weighted by Gasteiger charge is -2.10. The van der Waals surface area contributed by atoms with Crippen molar-refractivity contribution in [2.24, 2.45) is 4.99 Å². The van der Waals surface area contributed by atoms with Crippen molar-refractivity contribution in [1.82, 2.24) is 15.4 Å². The van der Waals surface area contributed by atoms with Gasteiger partial charge in [0, 0.05) is 28.6 Å². The lowest BCUT2D eigenvalue weighted by molar-refractivity contribution is 0.0263. The summed E-state index contributed by atoms with van der Waals surface area (Å²) in [6.45, 7) is 2.86. The third-order valence-corrected chi connectivity index (χ3v) is 5.99. The average molecular weight is 515 g/mol. The smallest absolute Gasteiger partial charge is 0.338 e. The molecule has 4 rings (SSSR count). The molecule has 0 aliphatic rings. The number of rotatable bonds is 9. The largest absolute Gasteiger partial charge is 0.494 e. The molecule has 1 amide bonds. The van der Waals surface area contributed by atoms with Crippen molar-refractivity contribution in [2.45, 2.75) is 6.92 Å². The van der Waals surface area contributed by atoms with Crippen LogP contribution in [0.4, 0.5) is 5.69 Å². The van der Waals surface area contributed by atoms with Gasteiger partial charge in [-0.1, -0.05) is 30.3 Å². The summed E-state index contributed by atoms with van der Waals surface area (Å²) in [5, 5.41) is 11.7. The summed E-state index contributed by atoms with van der Waals surface area (Å²) in [4.78, 5) is 39.6. The number of ether oxygens (including phenoxy) is 1.